The van der Waals surface area contributed by atoms with E-state index in [4.69, 9.17) is 0 Å². The highest BCUT2D eigenvalue weighted by atomic mass is 19.4. The Morgan fingerprint density at radius 2 is 2.24 bits per heavy atom. The summed E-state index contributed by atoms with van der Waals surface area (Å²) < 4.78 is 37.9. The van der Waals surface area contributed by atoms with Crippen LogP contribution in [0.1, 0.15) is 18.9 Å². The number of halogens is 3. The molecule has 0 aromatic carbocycles. The number of hydrogen-bond donors (Lipinski definition) is 2. The van der Waals surface area contributed by atoms with E-state index in [1.165, 1.54) is 0 Å². The standard InChI is InChI=1S/C10H16F3N3O/c1-2-3-14-5-9(17)7-16-6-8(4-15-16)10(11,12)13/h4,6,9,14,17H,2-3,5,7H2,1H3. The largest absolute Gasteiger partial charge is 0.419 e. The number of rotatable bonds is 6. The first-order valence-electron chi connectivity index (χ1n) is 5.42. The summed E-state index contributed by atoms with van der Waals surface area (Å²) in [7, 11) is 0. The Kier molecular flexibility index (Phi) is 4.95. The van der Waals surface area contributed by atoms with E-state index >= 15 is 0 Å². The van der Waals surface area contributed by atoms with Crippen molar-refractivity contribution in [3.05, 3.63) is 18.0 Å². The molecule has 0 spiro atoms. The van der Waals surface area contributed by atoms with E-state index in [1.54, 1.807) is 0 Å². The van der Waals surface area contributed by atoms with Gasteiger partial charge in [0.15, 0.2) is 0 Å². The van der Waals surface area contributed by atoms with Crippen LogP contribution >= 0.6 is 0 Å². The molecule has 17 heavy (non-hydrogen) atoms. The van der Waals surface area contributed by atoms with Gasteiger partial charge in [0.05, 0.1) is 24.4 Å². The summed E-state index contributed by atoms with van der Waals surface area (Å²) in [5.74, 6) is 0. The van der Waals surface area contributed by atoms with E-state index in [0.717, 1.165) is 30.0 Å². The molecule has 4 nitrogen and oxygen atoms in total. The Bertz CT molecular complexity index is 338. The van der Waals surface area contributed by atoms with Gasteiger partial charge in [0, 0.05) is 12.7 Å². The Hall–Kier alpha value is -1.08. The van der Waals surface area contributed by atoms with Gasteiger partial charge in [-0.2, -0.15) is 18.3 Å². The average Bonchev–Trinajstić information content (AvgIpc) is 2.66. The predicted octanol–water partition coefficient (Wildman–Crippen LogP) is 1.26. The van der Waals surface area contributed by atoms with E-state index in [9.17, 15) is 18.3 Å². The van der Waals surface area contributed by atoms with Gasteiger partial charge in [-0.05, 0) is 13.0 Å². The van der Waals surface area contributed by atoms with Crippen LogP contribution in [0.15, 0.2) is 12.4 Å². The SMILES string of the molecule is CCCNCC(O)Cn1cc(C(F)(F)F)cn1. The van der Waals surface area contributed by atoms with Crippen molar-refractivity contribution in [2.24, 2.45) is 0 Å². The van der Waals surface area contributed by atoms with Gasteiger partial charge in [0.25, 0.3) is 0 Å². The molecular formula is C10H16F3N3O. The topological polar surface area (TPSA) is 50.1 Å². The van der Waals surface area contributed by atoms with Crippen molar-refractivity contribution in [1.82, 2.24) is 15.1 Å². The predicted molar refractivity (Wildman–Crippen MR) is 56.4 cm³/mol. The molecule has 2 N–H and O–H groups in total. The number of aromatic nitrogens is 2. The van der Waals surface area contributed by atoms with Crippen molar-refractivity contribution in [3.63, 3.8) is 0 Å². The van der Waals surface area contributed by atoms with E-state index in [2.05, 4.69) is 10.4 Å². The zero-order chi connectivity index (χ0) is 12.9. The summed E-state index contributed by atoms with van der Waals surface area (Å²) in [5, 5.41) is 16.1. The van der Waals surface area contributed by atoms with Crippen molar-refractivity contribution in [3.8, 4) is 0 Å². The number of nitrogens with one attached hydrogen (secondary N) is 1. The molecule has 1 atom stereocenters. The minimum absolute atomic E-state index is 0.0484. The molecule has 0 saturated carbocycles. The molecule has 0 aliphatic heterocycles. The maximum Gasteiger partial charge on any atom is 0.419 e. The van der Waals surface area contributed by atoms with Crippen LogP contribution in [-0.2, 0) is 12.7 Å². The van der Waals surface area contributed by atoms with Crippen LogP contribution in [0.3, 0.4) is 0 Å². The first kappa shape index (κ1) is 14.0. The first-order chi connectivity index (χ1) is 7.93. The van der Waals surface area contributed by atoms with E-state index in [-0.39, 0.29) is 6.54 Å². The molecule has 1 rings (SSSR count). The lowest BCUT2D eigenvalue weighted by molar-refractivity contribution is -0.137. The highest BCUT2D eigenvalue weighted by Crippen LogP contribution is 2.28. The molecule has 7 heteroatoms. The van der Waals surface area contributed by atoms with Gasteiger partial charge in [-0.15, -0.1) is 0 Å². The third kappa shape index (κ3) is 4.74. The summed E-state index contributed by atoms with van der Waals surface area (Å²) in [5.41, 5.74) is -0.800. The highest BCUT2D eigenvalue weighted by Gasteiger charge is 2.32. The summed E-state index contributed by atoms with van der Waals surface area (Å²) >= 11 is 0. The molecule has 1 heterocycles. The maximum atomic E-state index is 12.3. The lowest BCUT2D eigenvalue weighted by atomic mass is 10.3. The summed E-state index contributed by atoms with van der Waals surface area (Å²) in [6.45, 7) is 3.15. The van der Waals surface area contributed by atoms with Gasteiger partial charge >= 0.3 is 6.18 Å². The highest BCUT2D eigenvalue weighted by molar-refractivity contribution is 5.08. The fraction of sp³-hybridized carbons (Fsp3) is 0.700. The normalized spacial score (nSPS) is 13.9. The number of alkyl halides is 3. The lowest BCUT2D eigenvalue weighted by Crippen LogP contribution is -2.30. The molecule has 0 bridgehead atoms. The molecule has 98 valence electrons. The monoisotopic (exact) mass is 251 g/mol. The lowest BCUT2D eigenvalue weighted by Gasteiger charge is -2.11. The zero-order valence-electron chi connectivity index (χ0n) is 9.54. The number of hydrogen-bond acceptors (Lipinski definition) is 3. The van der Waals surface area contributed by atoms with Gasteiger partial charge < -0.3 is 10.4 Å². The average molecular weight is 251 g/mol. The Morgan fingerprint density at radius 3 is 2.76 bits per heavy atom. The molecule has 0 amide bonds. The quantitative estimate of drug-likeness (QED) is 0.748. The smallest absolute Gasteiger partial charge is 0.390 e. The van der Waals surface area contributed by atoms with Crippen LogP contribution in [0.4, 0.5) is 13.2 Å². The van der Waals surface area contributed by atoms with Gasteiger partial charge in [-0.25, -0.2) is 0 Å². The van der Waals surface area contributed by atoms with Crippen molar-refractivity contribution >= 4 is 0 Å². The number of nitrogens with zero attached hydrogens (tertiary/aromatic N) is 2. The Morgan fingerprint density at radius 1 is 1.53 bits per heavy atom. The molecule has 1 unspecified atom stereocenters. The van der Waals surface area contributed by atoms with E-state index in [1.807, 2.05) is 6.92 Å². The molecule has 1 aromatic rings. The molecule has 0 fully saturated rings. The van der Waals surface area contributed by atoms with Gasteiger partial charge in [-0.3, -0.25) is 4.68 Å². The van der Waals surface area contributed by atoms with Crippen LogP contribution in [0, 0.1) is 0 Å². The fourth-order valence-corrected chi connectivity index (χ4v) is 1.34. The van der Waals surface area contributed by atoms with Crippen LogP contribution in [-0.4, -0.2) is 34.1 Å². The molecule has 0 radical (unpaired) electrons. The first-order valence-corrected chi connectivity index (χ1v) is 5.42. The Labute approximate surface area is 97.4 Å². The maximum absolute atomic E-state index is 12.3. The van der Waals surface area contributed by atoms with Crippen LogP contribution in [0.25, 0.3) is 0 Å². The summed E-state index contributed by atoms with van der Waals surface area (Å²) in [6, 6.07) is 0. The number of aliphatic hydroxyl groups excluding tert-OH is 1. The second-order valence-electron chi connectivity index (χ2n) is 3.81. The molecule has 0 saturated heterocycles. The summed E-state index contributed by atoms with van der Waals surface area (Å²) in [4.78, 5) is 0. The minimum Gasteiger partial charge on any atom is -0.390 e. The molecule has 0 aliphatic carbocycles. The minimum atomic E-state index is -4.39. The van der Waals surface area contributed by atoms with Crippen LogP contribution < -0.4 is 5.32 Å². The third-order valence-corrected chi connectivity index (χ3v) is 2.17. The van der Waals surface area contributed by atoms with Gasteiger partial charge in [0.1, 0.15) is 0 Å². The van der Waals surface area contributed by atoms with Gasteiger partial charge in [-0.1, -0.05) is 6.92 Å². The van der Waals surface area contributed by atoms with Crippen LogP contribution in [0.2, 0.25) is 0 Å². The summed E-state index contributed by atoms with van der Waals surface area (Å²) in [6.07, 6.45) is -2.55. The second-order valence-corrected chi connectivity index (χ2v) is 3.81. The number of aliphatic hydroxyl groups is 1. The Balaban J connectivity index is 2.43. The fourth-order valence-electron chi connectivity index (χ4n) is 1.34. The molecular weight excluding hydrogens is 235 g/mol. The van der Waals surface area contributed by atoms with Crippen molar-refractivity contribution in [2.45, 2.75) is 32.2 Å². The van der Waals surface area contributed by atoms with Gasteiger partial charge in [0.2, 0.25) is 0 Å². The van der Waals surface area contributed by atoms with Crippen molar-refractivity contribution in [1.29, 1.82) is 0 Å². The van der Waals surface area contributed by atoms with E-state index in [0.29, 0.717) is 6.54 Å². The van der Waals surface area contributed by atoms with Crippen LogP contribution in [0.5, 0.6) is 0 Å². The molecule has 1 aromatic heterocycles. The third-order valence-electron chi connectivity index (χ3n) is 2.17. The van der Waals surface area contributed by atoms with Crippen molar-refractivity contribution < 1.29 is 18.3 Å². The van der Waals surface area contributed by atoms with Crippen molar-refractivity contribution in [2.75, 3.05) is 13.1 Å². The molecule has 0 aliphatic rings. The van der Waals surface area contributed by atoms with E-state index < -0.39 is 17.8 Å². The zero-order valence-corrected chi connectivity index (χ0v) is 9.54. The second kappa shape index (κ2) is 6.02.